The normalized spacial score (nSPS) is 23.5. The Hall–Kier alpha value is -2.58. The number of ether oxygens (including phenoxy) is 3. The molecule has 0 aliphatic carbocycles. The van der Waals surface area contributed by atoms with Crippen LogP contribution < -0.4 is 20.8 Å². The van der Waals surface area contributed by atoms with Gasteiger partial charge in [0.25, 0.3) is 5.56 Å². The van der Waals surface area contributed by atoms with E-state index in [4.69, 9.17) is 19.9 Å². The van der Waals surface area contributed by atoms with Gasteiger partial charge in [0.1, 0.15) is 0 Å². The number of H-pyrrole nitrogens is 1. The summed E-state index contributed by atoms with van der Waals surface area (Å²) in [5, 5.41) is 1.17. The van der Waals surface area contributed by atoms with Crippen molar-refractivity contribution < 1.29 is 19.0 Å². The lowest BCUT2D eigenvalue weighted by Crippen LogP contribution is -2.52. The Morgan fingerprint density at radius 1 is 1.28 bits per heavy atom. The standard InChI is InChI=1S/C21H27N3O5/c1-12-8-14-9-16(27-3)17(10-15(14)19(25)23-12)29-20(26)24-6-4-21(5-7-24)11-28-13(2)18(21)22/h8-10,13,18H,4-7,11,22H2,1-3H3,(H,23,25)/t13-,18+/m1/s1. The molecule has 0 bridgehead atoms. The van der Waals surface area contributed by atoms with Crippen molar-refractivity contribution in [1.82, 2.24) is 9.88 Å². The highest BCUT2D eigenvalue weighted by Crippen LogP contribution is 2.41. The Kier molecular flexibility index (Phi) is 5.00. The van der Waals surface area contributed by atoms with Crippen LogP contribution in [0.1, 0.15) is 25.5 Å². The molecule has 1 spiro atoms. The lowest BCUT2D eigenvalue weighted by molar-refractivity contribution is 0.0669. The van der Waals surface area contributed by atoms with Crippen molar-refractivity contribution in [2.75, 3.05) is 26.8 Å². The van der Waals surface area contributed by atoms with E-state index in [0.717, 1.165) is 23.9 Å². The number of hydrogen-bond acceptors (Lipinski definition) is 6. The van der Waals surface area contributed by atoms with Gasteiger partial charge in [-0.25, -0.2) is 4.79 Å². The molecule has 3 heterocycles. The van der Waals surface area contributed by atoms with E-state index in [2.05, 4.69) is 4.98 Å². The van der Waals surface area contributed by atoms with Crippen molar-refractivity contribution in [2.24, 2.45) is 11.1 Å². The number of likely N-dealkylation sites (tertiary alicyclic amines) is 1. The van der Waals surface area contributed by atoms with Gasteiger partial charge in [0.15, 0.2) is 11.5 Å². The molecule has 4 rings (SSSR count). The van der Waals surface area contributed by atoms with Gasteiger partial charge in [0.2, 0.25) is 0 Å². The van der Waals surface area contributed by atoms with E-state index in [-0.39, 0.29) is 28.9 Å². The lowest BCUT2D eigenvalue weighted by atomic mass is 9.73. The highest BCUT2D eigenvalue weighted by atomic mass is 16.6. The summed E-state index contributed by atoms with van der Waals surface area (Å²) in [6.45, 7) is 5.55. The number of carbonyl (C=O) groups is 1. The third kappa shape index (κ3) is 3.47. The van der Waals surface area contributed by atoms with Gasteiger partial charge < -0.3 is 29.8 Å². The quantitative estimate of drug-likeness (QED) is 0.799. The Morgan fingerprint density at radius 3 is 2.62 bits per heavy atom. The van der Waals surface area contributed by atoms with Crippen molar-refractivity contribution in [3.63, 3.8) is 0 Å². The number of nitrogens with two attached hydrogens (primary N) is 1. The summed E-state index contributed by atoms with van der Waals surface area (Å²) in [5.74, 6) is 0.638. The third-order valence-electron chi connectivity index (χ3n) is 6.32. The first-order chi connectivity index (χ1) is 13.8. The van der Waals surface area contributed by atoms with Crippen LogP contribution in [0.2, 0.25) is 0 Å². The number of piperidine rings is 1. The lowest BCUT2D eigenvalue weighted by Gasteiger charge is -2.40. The van der Waals surface area contributed by atoms with Crippen LogP contribution in [0.25, 0.3) is 10.8 Å². The second-order valence-electron chi connectivity index (χ2n) is 8.13. The summed E-state index contributed by atoms with van der Waals surface area (Å²) in [6, 6.07) is 5.10. The van der Waals surface area contributed by atoms with Crippen molar-refractivity contribution >= 4 is 16.9 Å². The zero-order valence-electron chi connectivity index (χ0n) is 17.0. The number of hydrogen-bond donors (Lipinski definition) is 2. The molecule has 1 amide bonds. The Morgan fingerprint density at radius 2 is 2.00 bits per heavy atom. The molecule has 0 unspecified atom stereocenters. The molecule has 8 heteroatoms. The van der Waals surface area contributed by atoms with Gasteiger partial charge in [-0.2, -0.15) is 0 Å². The van der Waals surface area contributed by atoms with Crippen molar-refractivity contribution in [1.29, 1.82) is 0 Å². The first-order valence-electron chi connectivity index (χ1n) is 9.88. The zero-order valence-corrected chi connectivity index (χ0v) is 17.0. The average Bonchev–Trinajstić information content (AvgIpc) is 2.97. The van der Waals surface area contributed by atoms with Gasteiger partial charge in [-0.3, -0.25) is 4.79 Å². The van der Waals surface area contributed by atoms with Gasteiger partial charge >= 0.3 is 6.09 Å². The molecule has 3 N–H and O–H groups in total. The minimum absolute atomic E-state index is 0.0172. The monoisotopic (exact) mass is 401 g/mol. The summed E-state index contributed by atoms with van der Waals surface area (Å²) >= 11 is 0. The topological polar surface area (TPSA) is 107 Å². The Bertz CT molecular complexity index is 994. The molecule has 156 valence electrons. The number of methoxy groups -OCH3 is 1. The number of rotatable bonds is 2. The van der Waals surface area contributed by atoms with Gasteiger partial charge in [-0.15, -0.1) is 0 Å². The maximum absolute atomic E-state index is 12.8. The number of amides is 1. The molecule has 0 radical (unpaired) electrons. The van der Waals surface area contributed by atoms with Crippen LogP contribution in [-0.4, -0.2) is 54.9 Å². The van der Waals surface area contributed by atoms with E-state index < -0.39 is 6.09 Å². The summed E-state index contributed by atoms with van der Waals surface area (Å²) in [6.07, 6.45) is 1.14. The maximum atomic E-state index is 12.8. The molecule has 1 aromatic heterocycles. The molecule has 1 aromatic carbocycles. The largest absolute Gasteiger partial charge is 0.493 e. The van der Waals surface area contributed by atoms with Crippen LogP contribution in [0.3, 0.4) is 0 Å². The van der Waals surface area contributed by atoms with E-state index in [0.29, 0.717) is 30.8 Å². The molecule has 2 fully saturated rings. The second kappa shape index (κ2) is 7.35. The predicted molar refractivity (Wildman–Crippen MR) is 109 cm³/mol. The van der Waals surface area contributed by atoms with Crippen molar-refractivity contribution in [3.8, 4) is 11.5 Å². The molecular formula is C21H27N3O5. The number of aromatic amines is 1. The number of nitrogens with one attached hydrogen (secondary N) is 1. The summed E-state index contributed by atoms with van der Waals surface area (Å²) in [5.41, 5.74) is 6.79. The first-order valence-corrected chi connectivity index (χ1v) is 9.88. The number of carbonyl (C=O) groups excluding carboxylic acids is 1. The van der Waals surface area contributed by atoms with Gasteiger partial charge in [0, 0.05) is 30.2 Å². The van der Waals surface area contributed by atoms with Gasteiger partial charge in [0.05, 0.1) is 25.2 Å². The van der Waals surface area contributed by atoms with Crippen molar-refractivity contribution in [2.45, 2.75) is 38.8 Å². The first kappa shape index (κ1) is 19.7. The van der Waals surface area contributed by atoms with Gasteiger partial charge in [-0.1, -0.05) is 0 Å². The van der Waals surface area contributed by atoms with E-state index in [9.17, 15) is 9.59 Å². The SMILES string of the molecule is COc1cc2cc(C)[nH]c(=O)c2cc1OC(=O)N1CCC2(CC1)CO[C@H](C)[C@@H]2N. The fraction of sp³-hybridized carbons (Fsp3) is 0.524. The van der Waals surface area contributed by atoms with Crippen LogP contribution >= 0.6 is 0 Å². The molecule has 2 aliphatic rings. The molecule has 2 aromatic rings. The number of fused-ring (bicyclic) bond motifs is 1. The van der Waals surface area contributed by atoms with Crippen LogP contribution in [0.5, 0.6) is 11.5 Å². The maximum Gasteiger partial charge on any atom is 0.415 e. The van der Waals surface area contributed by atoms with Crippen LogP contribution in [0.15, 0.2) is 23.0 Å². The molecule has 29 heavy (non-hydrogen) atoms. The van der Waals surface area contributed by atoms with Crippen LogP contribution in [0.4, 0.5) is 4.79 Å². The molecule has 2 saturated heterocycles. The average molecular weight is 401 g/mol. The number of aromatic nitrogens is 1. The number of aryl methyl sites for hydroxylation is 1. The minimum atomic E-state index is -0.457. The fourth-order valence-electron chi connectivity index (χ4n) is 4.41. The molecule has 2 aliphatic heterocycles. The Balaban J connectivity index is 1.51. The van der Waals surface area contributed by atoms with Gasteiger partial charge in [-0.05, 0) is 50.3 Å². The van der Waals surface area contributed by atoms with Crippen LogP contribution in [-0.2, 0) is 4.74 Å². The Labute approximate surface area is 168 Å². The summed E-state index contributed by atoms with van der Waals surface area (Å²) in [4.78, 5) is 29.5. The van der Waals surface area contributed by atoms with E-state index in [1.165, 1.54) is 7.11 Å². The second-order valence-corrected chi connectivity index (χ2v) is 8.13. The molecular weight excluding hydrogens is 374 g/mol. The number of benzene rings is 1. The smallest absolute Gasteiger partial charge is 0.415 e. The van der Waals surface area contributed by atoms with Crippen molar-refractivity contribution in [3.05, 3.63) is 34.2 Å². The zero-order chi connectivity index (χ0) is 20.8. The predicted octanol–water partition coefficient (Wildman–Crippen LogP) is 2.17. The minimum Gasteiger partial charge on any atom is -0.493 e. The number of nitrogens with zero attached hydrogens (tertiary/aromatic N) is 1. The molecule has 8 nitrogen and oxygen atoms in total. The van der Waals surface area contributed by atoms with E-state index >= 15 is 0 Å². The highest BCUT2D eigenvalue weighted by molar-refractivity contribution is 5.86. The van der Waals surface area contributed by atoms with E-state index in [1.54, 1.807) is 17.0 Å². The summed E-state index contributed by atoms with van der Waals surface area (Å²) < 4.78 is 16.7. The summed E-state index contributed by atoms with van der Waals surface area (Å²) in [7, 11) is 1.51. The molecule has 0 saturated carbocycles. The van der Waals surface area contributed by atoms with E-state index in [1.807, 2.05) is 19.9 Å². The third-order valence-corrected chi connectivity index (χ3v) is 6.32. The van der Waals surface area contributed by atoms with Crippen LogP contribution in [0, 0.1) is 12.3 Å². The molecule has 2 atom stereocenters. The highest BCUT2D eigenvalue weighted by Gasteiger charge is 2.48. The fourth-order valence-corrected chi connectivity index (χ4v) is 4.41. The number of pyridine rings is 1.